The Morgan fingerprint density at radius 3 is 2.56 bits per heavy atom. The van der Waals surface area contributed by atoms with Gasteiger partial charge in [-0.3, -0.25) is 9.47 Å². The molecule has 1 aliphatic heterocycles. The molecule has 7 nitrogen and oxygen atoms in total. The van der Waals surface area contributed by atoms with E-state index in [1.54, 1.807) is 7.05 Å². The quantitative estimate of drug-likeness (QED) is 0.750. The third-order valence-corrected chi connectivity index (χ3v) is 5.30. The molecule has 0 saturated carbocycles. The van der Waals surface area contributed by atoms with Crippen LogP contribution in [-0.2, 0) is 20.1 Å². The van der Waals surface area contributed by atoms with Crippen LogP contribution in [-0.4, -0.2) is 42.3 Å². The maximum atomic E-state index is 12.6. The number of aromatic amines is 1. The highest BCUT2D eigenvalue weighted by atomic mass is 16.2. The lowest BCUT2D eigenvalue weighted by Gasteiger charge is -2.30. The van der Waals surface area contributed by atoms with Gasteiger partial charge in [0.2, 0.25) is 0 Å². The first-order valence-electron chi connectivity index (χ1n) is 9.50. The molecule has 0 aliphatic carbocycles. The van der Waals surface area contributed by atoms with Gasteiger partial charge in [0, 0.05) is 24.9 Å². The van der Waals surface area contributed by atoms with Gasteiger partial charge in [0.15, 0.2) is 0 Å². The molecule has 1 aromatic carbocycles. The van der Waals surface area contributed by atoms with E-state index in [-0.39, 0.29) is 5.69 Å². The van der Waals surface area contributed by atoms with Crippen molar-refractivity contribution < 1.29 is 0 Å². The van der Waals surface area contributed by atoms with Gasteiger partial charge in [-0.05, 0) is 38.4 Å². The van der Waals surface area contributed by atoms with Crippen molar-refractivity contribution in [1.29, 1.82) is 0 Å². The number of likely N-dealkylation sites (tertiary alicyclic amines) is 1. The van der Waals surface area contributed by atoms with Crippen LogP contribution in [0, 0.1) is 6.92 Å². The van der Waals surface area contributed by atoms with Crippen LogP contribution in [0.1, 0.15) is 41.7 Å². The summed E-state index contributed by atoms with van der Waals surface area (Å²) in [5.41, 5.74) is 2.18. The topological polar surface area (TPSA) is 71.7 Å². The molecule has 2 aromatic heterocycles. The first-order valence-corrected chi connectivity index (χ1v) is 9.50. The lowest BCUT2D eigenvalue weighted by atomic mass is 9.95. The maximum absolute atomic E-state index is 12.6. The molecule has 1 fully saturated rings. The number of aryl methyl sites for hydroxylation is 2. The number of piperidine rings is 1. The Kier molecular flexibility index (Phi) is 4.94. The van der Waals surface area contributed by atoms with Crippen molar-refractivity contribution in [3.63, 3.8) is 0 Å². The van der Waals surface area contributed by atoms with Crippen LogP contribution < -0.4 is 5.69 Å². The van der Waals surface area contributed by atoms with Gasteiger partial charge >= 0.3 is 5.69 Å². The van der Waals surface area contributed by atoms with E-state index >= 15 is 0 Å². The summed E-state index contributed by atoms with van der Waals surface area (Å²) in [6.45, 7) is 5.42. The first kappa shape index (κ1) is 17.7. The van der Waals surface area contributed by atoms with Crippen molar-refractivity contribution >= 4 is 0 Å². The molecule has 0 unspecified atom stereocenters. The highest BCUT2D eigenvalue weighted by molar-refractivity contribution is 5.16. The Hall–Kier alpha value is -2.67. The second-order valence-electron chi connectivity index (χ2n) is 7.40. The average Bonchev–Trinajstić information content (AvgIpc) is 3.21. The zero-order chi connectivity index (χ0) is 18.8. The molecular formula is C20H26N6O. The van der Waals surface area contributed by atoms with E-state index in [1.807, 2.05) is 35.9 Å². The smallest absolute Gasteiger partial charge is 0.345 e. The molecular weight excluding hydrogens is 340 g/mol. The first-order chi connectivity index (χ1) is 13.1. The number of hydrogen-bond donors (Lipinski definition) is 1. The lowest BCUT2D eigenvalue weighted by Crippen LogP contribution is -2.34. The molecule has 1 saturated heterocycles. The second-order valence-corrected chi connectivity index (χ2v) is 7.40. The van der Waals surface area contributed by atoms with E-state index in [9.17, 15) is 4.79 Å². The van der Waals surface area contributed by atoms with Gasteiger partial charge in [-0.2, -0.15) is 5.10 Å². The van der Waals surface area contributed by atoms with Crippen LogP contribution in [0.3, 0.4) is 0 Å². The Bertz CT molecular complexity index is 947. The summed E-state index contributed by atoms with van der Waals surface area (Å²) in [6, 6.07) is 10.1. The molecule has 0 amide bonds. The van der Waals surface area contributed by atoms with E-state index in [1.165, 1.54) is 4.68 Å². The highest BCUT2D eigenvalue weighted by Gasteiger charge is 2.26. The summed E-state index contributed by atoms with van der Waals surface area (Å²) in [5.74, 6) is 2.25. The Morgan fingerprint density at radius 1 is 1.15 bits per heavy atom. The van der Waals surface area contributed by atoms with Crippen LogP contribution >= 0.6 is 0 Å². The van der Waals surface area contributed by atoms with E-state index in [4.69, 9.17) is 0 Å². The number of aromatic nitrogens is 5. The van der Waals surface area contributed by atoms with Crippen LogP contribution in [0.5, 0.6) is 0 Å². The fourth-order valence-corrected chi connectivity index (χ4v) is 3.85. The number of rotatable bonds is 5. The van der Waals surface area contributed by atoms with Gasteiger partial charge in [0.25, 0.3) is 0 Å². The molecule has 1 aliphatic rings. The Balaban J connectivity index is 1.46. The van der Waals surface area contributed by atoms with Crippen LogP contribution in [0.15, 0.2) is 41.3 Å². The zero-order valence-electron chi connectivity index (χ0n) is 15.9. The van der Waals surface area contributed by atoms with Crippen LogP contribution in [0.2, 0.25) is 0 Å². The van der Waals surface area contributed by atoms with E-state index < -0.39 is 0 Å². The van der Waals surface area contributed by atoms with E-state index in [2.05, 4.69) is 32.1 Å². The van der Waals surface area contributed by atoms with Crippen molar-refractivity contribution in [2.24, 2.45) is 7.05 Å². The minimum atomic E-state index is -0.0395. The maximum Gasteiger partial charge on any atom is 0.345 e. The molecule has 0 atom stereocenters. The van der Waals surface area contributed by atoms with Crippen molar-refractivity contribution in [3.8, 4) is 0 Å². The zero-order valence-corrected chi connectivity index (χ0v) is 15.9. The molecule has 27 heavy (non-hydrogen) atoms. The Morgan fingerprint density at radius 2 is 1.89 bits per heavy atom. The lowest BCUT2D eigenvalue weighted by molar-refractivity contribution is 0.196. The van der Waals surface area contributed by atoms with Gasteiger partial charge < -0.3 is 4.98 Å². The predicted octanol–water partition coefficient (Wildman–Crippen LogP) is 2.04. The molecule has 3 aromatic rings. The third-order valence-electron chi connectivity index (χ3n) is 5.30. The van der Waals surface area contributed by atoms with Crippen LogP contribution in [0.25, 0.3) is 0 Å². The third kappa shape index (κ3) is 3.88. The molecule has 0 bridgehead atoms. The van der Waals surface area contributed by atoms with E-state index in [0.717, 1.165) is 55.4 Å². The summed E-state index contributed by atoms with van der Waals surface area (Å²) in [4.78, 5) is 22.7. The number of imidazole rings is 1. The fourth-order valence-electron chi connectivity index (χ4n) is 3.85. The molecule has 142 valence electrons. The number of nitrogens with zero attached hydrogens (tertiary/aromatic N) is 5. The number of nitrogens with one attached hydrogen (secondary N) is 1. The molecule has 3 heterocycles. The summed E-state index contributed by atoms with van der Waals surface area (Å²) in [7, 11) is 1.74. The van der Waals surface area contributed by atoms with Gasteiger partial charge in [0.05, 0.1) is 13.1 Å². The minimum absolute atomic E-state index is 0.0395. The SMILES string of the molecule is Cc1cnc(CN2CCC(c3nn(C)c(=O)n3Cc3ccccc3)CC2)[nH]1. The van der Waals surface area contributed by atoms with Crippen LogP contribution in [0.4, 0.5) is 0 Å². The van der Waals surface area contributed by atoms with Gasteiger partial charge in [0.1, 0.15) is 11.6 Å². The molecule has 4 rings (SSSR count). The predicted molar refractivity (Wildman–Crippen MR) is 104 cm³/mol. The number of H-pyrrole nitrogens is 1. The minimum Gasteiger partial charge on any atom is -0.345 e. The highest BCUT2D eigenvalue weighted by Crippen LogP contribution is 2.27. The molecule has 0 spiro atoms. The number of benzene rings is 1. The number of hydrogen-bond acceptors (Lipinski definition) is 4. The average molecular weight is 366 g/mol. The largest absolute Gasteiger partial charge is 0.345 e. The normalized spacial score (nSPS) is 16.1. The summed E-state index contributed by atoms with van der Waals surface area (Å²) in [6.07, 6.45) is 3.88. The molecule has 7 heteroatoms. The second kappa shape index (κ2) is 7.52. The monoisotopic (exact) mass is 366 g/mol. The summed E-state index contributed by atoms with van der Waals surface area (Å²) in [5, 5.41) is 4.57. The van der Waals surface area contributed by atoms with E-state index in [0.29, 0.717) is 12.5 Å². The van der Waals surface area contributed by atoms with Crippen molar-refractivity contribution in [2.45, 2.75) is 38.8 Å². The molecule has 0 radical (unpaired) electrons. The van der Waals surface area contributed by atoms with Gasteiger partial charge in [-0.25, -0.2) is 14.5 Å². The van der Waals surface area contributed by atoms with Gasteiger partial charge in [-0.1, -0.05) is 30.3 Å². The fraction of sp³-hybridized carbons (Fsp3) is 0.450. The van der Waals surface area contributed by atoms with Crippen molar-refractivity contribution in [1.82, 2.24) is 29.2 Å². The Labute approximate surface area is 158 Å². The summed E-state index contributed by atoms with van der Waals surface area (Å²) >= 11 is 0. The summed E-state index contributed by atoms with van der Waals surface area (Å²) < 4.78 is 3.31. The standard InChI is InChI=1S/C20H26N6O/c1-15-12-21-18(22-15)14-25-10-8-17(9-11-25)19-23-24(2)20(27)26(19)13-16-6-4-3-5-7-16/h3-7,12,17H,8-11,13-14H2,1-2H3,(H,21,22). The van der Waals surface area contributed by atoms with Gasteiger partial charge in [-0.15, -0.1) is 0 Å². The van der Waals surface area contributed by atoms with Crippen molar-refractivity contribution in [2.75, 3.05) is 13.1 Å². The van der Waals surface area contributed by atoms with Crippen molar-refractivity contribution in [3.05, 3.63) is 69.9 Å². The molecule has 1 N–H and O–H groups in total.